The molecular weight excluding hydrogens is 230 g/mol. The van der Waals surface area contributed by atoms with Crippen molar-refractivity contribution in [1.82, 2.24) is 10.2 Å². The van der Waals surface area contributed by atoms with Gasteiger partial charge in [-0.05, 0) is 38.8 Å². The molecule has 4 heteroatoms. The summed E-state index contributed by atoms with van der Waals surface area (Å²) in [5.74, 6) is 1.88. The molecule has 2 aliphatic heterocycles. The predicted octanol–water partition coefficient (Wildman–Crippen LogP) is 2.19. The molecule has 17 heavy (non-hydrogen) atoms. The van der Waals surface area contributed by atoms with Crippen LogP contribution in [0, 0.1) is 5.92 Å². The number of nitrogens with zero attached hydrogens (tertiary/aromatic N) is 2. The number of hydrogen-bond donors (Lipinski definition) is 1. The Morgan fingerprint density at radius 1 is 1.35 bits per heavy atom. The maximum atomic E-state index is 4.73. The van der Waals surface area contributed by atoms with Gasteiger partial charge in [-0.25, -0.2) is 0 Å². The molecule has 0 spiro atoms. The van der Waals surface area contributed by atoms with Crippen molar-refractivity contribution in [3.05, 3.63) is 0 Å². The summed E-state index contributed by atoms with van der Waals surface area (Å²) in [5, 5.41) is 4.69. The third kappa shape index (κ3) is 3.62. The molecule has 2 saturated heterocycles. The molecule has 2 aliphatic rings. The first-order valence-electron chi connectivity index (χ1n) is 6.84. The molecular formula is C13H25N3S. The van der Waals surface area contributed by atoms with Gasteiger partial charge in [0, 0.05) is 17.8 Å². The lowest BCUT2D eigenvalue weighted by atomic mass is 10.1. The monoisotopic (exact) mass is 255 g/mol. The third-order valence-electron chi connectivity index (χ3n) is 3.78. The molecule has 3 nitrogen and oxygen atoms in total. The lowest BCUT2D eigenvalue weighted by molar-refractivity contribution is 0.265. The van der Waals surface area contributed by atoms with Crippen molar-refractivity contribution in [2.24, 2.45) is 10.9 Å². The molecule has 2 atom stereocenters. The summed E-state index contributed by atoms with van der Waals surface area (Å²) < 4.78 is 0. The Balaban J connectivity index is 1.77. The SMILES string of the molecule is CC(C)C1CSC(=NCC(C)N2CCCC2)N1. The van der Waals surface area contributed by atoms with Gasteiger partial charge in [0.25, 0.3) is 0 Å². The van der Waals surface area contributed by atoms with E-state index in [0.717, 1.165) is 11.7 Å². The Morgan fingerprint density at radius 2 is 2.06 bits per heavy atom. The normalized spacial score (nSPS) is 30.1. The summed E-state index contributed by atoms with van der Waals surface area (Å²) in [6.07, 6.45) is 2.73. The lowest BCUT2D eigenvalue weighted by Gasteiger charge is -2.22. The van der Waals surface area contributed by atoms with Crippen LogP contribution in [-0.4, -0.2) is 47.5 Å². The predicted molar refractivity (Wildman–Crippen MR) is 76.8 cm³/mol. The van der Waals surface area contributed by atoms with Gasteiger partial charge >= 0.3 is 0 Å². The largest absolute Gasteiger partial charge is 0.361 e. The zero-order chi connectivity index (χ0) is 12.3. The minimum atomic E-state index is 0.602. The minimum Gasteiger partial charge on any atom is -0.361 e. The van der Waals surface area contributed by atoms with Crippen molar-refractivity contribution >= 4 is 16.9 Å². The van der Waals surface area contributed by atoms with E-state index in [4.69, 9.17) is 4.99 Å². The average molecular weight is 255 g/mol. The van der Waals surface area contributed by atoms with Gasteiger partial charge in [-0.15, -0.1) is 0 Å². The van der Waals surface area contributed by atoms with Gasteiger partial charge in [0.15, 0.2) is 5.17 Å². The minimum absolute atomic E-state index is 0.602. The second-order valence-corrected chi connectivity index (χ2v) is 6.55. The highest BCUT2D eigenvalue weighted by Gasteiger charge is 2.23. The fraction of sp³-hybridized carbons (Fsp3) is 0.923. The van der Waals surface area contributed by atoms with Crippen LogP contribution in [0.3, 0.4) is 0 Å². The van der Waals surface area contributed by atoms with Crippen molar-refractivity contribution in [3.63, 3.8) is 0 Å². The molecule has 0 aromatic rings. The molecule has 0 aromatic heterocycles. The molecule has 0 aliphatic carbocycles. The van der Waals surface area contributed by atoms with Gasteiger partial charge in [0.05, 0.1) is 6.54 Å². The molecule has 0 saturated carbocycles. The van der Waals surface area contributed by atoms with E-state index in [2.05, 4.69) is 31.0 Å². The van der Waals surface area contributed by atoms with E-state index < -0.39 is 0 Å². The number of amidine groups is 1. The summed E-state index contributed by atoms with van der Waals surface area (Å²) in [6, 6.07) is 1.21. The van der Waals surface area contributed by atoms with Crippen LogP contribution < -0.4 is 5.32 Å². The van der Waals surface area contributed by atoms with Crippen LogP contribution >= 0.6 is 11.8 Å². The van der Waals surface area contributed by atoms with Crippen LogP contribution in [-0.2, 0) is 0 Å². The zero-order valence-corrected chi connectivity index (χ0v) is 12.1. The highest BCUT2D eigenvalue weighted by Crippen LogP contribution is 2.19. The Morgan fingerprint density at radius 3 is 2.65 bits per heavy atom. The van der Waals surface area contributed by atoms with Crippen LogP contribution in [0.2, 0.25) is 0 Å². The van der Waals surface area contributed by atoms with E-state index >= 15 is 0 Å². The summed E-state index contributed by atoms with van der Waals surface area (Å²) >= 11 is 1.88. The fourth-order valence-electron chi connectivity index (χ4n) is 2.37. The number of likely N-dealkylation sites (tertiary alicyclic amines) is 1. The van der Waals surface area contributed by atoms with Crippen molar-refractivity contribution in [1.29, 1.82) is 0 Å². The second kappa shape index (κ2) is 6.10. The average Bonchev–Trinajstić information content (AvgIpc) is 2.97. The standard InChI is InChI=1S/C13H25N3S/c1-10(2)12-9-17-13(15-12)14-8-11(3)16-6-4-5-7-16/h10-12H,4-9H2,1-3H3,(H,14,15). The van der Waals surface area contributed by atoms with Gasteiger partial charge in [-0.1, -0.05) is 25.6 Å². The van der Waals surface area contributed by atoms with E-state index in [-0.39, 0.29) is 0 Å². The van der Waals surface area contributed by atoms with E-state index in [1.807, 2.05) is 11.8 Å². The Labute approximate surface area is 109 Å². The maximum absolute atomic E-state index is 4.73. The number of rotatable bonds is 4. The summed E-state index contributed by atoms with van der Waals surface area (Å²) in [5.41, 5.74) is 0. The van der Waals surface area contributed by atoms with E-state index in [0.29, 0.717) is 18.0 Å². The molecule has 1 N–H and O–H groups in total. The van der Waals surface area contributed by atoms with Gasteiger partial charge in [0.2, 0.25) is 0 Å². The number of hydrogen-bond acceptors (Lipinski definition) is 3. The molecule has 98 valence electrons. The number of aliphatic imine (C=N–C) groups is 1. The molecule has 0 aromatic carbocycles. The topological polar surface area (TPSA) is 27.6 Å². The van der Waals surface area contributed by atoms with Gasteiger partial charge in [-0.3, -0.25) is 9.89 Å². The van der Waals surface area contributed by atoms with E-state index in [1.54, 1.807) is 0 Å². The number of thioether (sulfide) groups is 1. The molecule has 0 amide bonds. The molecule has 2 fully saturated rings. The first-order valence-corrected chi connectivity index (χ1v) is 7.83. The molecule has 0 radical (unpaired) electrons. The molecule has 2 heterocycles. The van der Waals surface area contributed by atoms with Crippen LogP contribution in [0.25, 0.3) is 0 Å². The van der Waals surface area contributed by atoms with Gasteiger partial charge in [0.1, 0.15) is 0 Å². The molecule has 0 bridgehead atoms. The zero-order valence-electron chi connectivity index (χ0n) is 11.3. The van der Waals surface area contributed by atoms with Crippen LogP contribution in [0.5, 0.6) is 0 Å². The number of nitrogens with one attached hydrogen (secondary N) is 1. The highest BCUT2D eigenvalue weighted by atomic mass is 32.2. The van der Waals surface area contributed by atoms with Crippen LogP contribution in [0.1, 0.15) is 33.6 Å². The van der Waals surface area contributed by atoms with E-state index in [1.165, 1.54) is 31.7 Å². The molecule has 2 rings (SSSR count). The Kier molecular flexibility index (Phi) is 4.74. The lowest BCUT2D eigenvalue weighted by Crippen LogP contribution is -2.34. The van der Waals surface area contributed by atoms with Gasteiger partial charge < -0.3 is 5.32 Å². The summed E-state index contributed by atoms with van der Waals surface area (Å²) in [6.45, 7) is 10.3. The first-order chi connectivity index (χ1) is 8.16. The Hall–Kier alpha value is -0.220. The van der Waals surface area contributed by atoms with Crippen molar-refractivity contribution in [2.75, 3.05) is 25.4 Å². The molecule has 2 unspecified atom stereocenters. The van der Waals surface area contributed by atoms with Crippen molar-refractivity contribution in [2.45, 2.75) is 45.7 Å². The van der Waals surface area contributed by atoms with Crippen LogP contribution in [0.15, 0.2) is 4.99 Å². The maximum Gasteiger partial charge on any atom is 0.156 e. The third-order valence-corrected chi connectivity index (χ3v) is 4.82. The van der Waals surface area contributed by atoms with Gasteiger partial charge in [-0.2, -0.15) is 0 Å². The van der Waals surface area contributed by atoms with Crippen molar-refractivity contribution < 1.29 is 0 Å². The first kappa shape index (κ1) is 13.2. The fourth-order valence-corrected chi connectivity index (χ4v) is 3.58. The quantitative estimate of drug-likeness (QED) is 0.834. The van der Waals surface area contributed by atoms with Crippen LogP contribution in [0.4, 0.5) is 0 Å². The van der Waals surface area contributed by atoms with Crippen molar-refractivity contribution in [3.8, 4) is 0 Å². The summed E-state index contributed by atoms with van der Waals surface area (Å²) in [7, 11) is 0. The summed E-state index contributed by atoms with van der Waals surface area (Å²) in [4.78, 5) is 7.29. The Bertz CT molecular complexity index is 272. The second-order valence-electron chi connectivity index (χ2n) is 5.54. The van der Waals surface area contributed by atoms with E-state index in [9.17, 15) is 0 Å². The highest BCUT2D eigenvalue weighted by molar-refractivity contribution is 8.14. The smallest absolute Gasteiger partial charge is 0.156 e.